The highest BCUT2D eigenvalue weighted by atomic mass is 35.5. The number of nitrogens with one attached hydrogen (secondary N) is 1. The van der Waals surface area contributed by atoms with E-state index in [1.807, 2.05) is 36.4 Å². The number of ether oxygens (including phenoxy) is 1. The topological polar surface area (TPSA) is 47.0 Å². The number of rotatable bonds is 3. The maximum atomic E-state index is 12.0. The summed E-state index contributed by atoms with van der Waals surface area (Å²) in [5.74, 6) is 0.790. The minimum atomic E-state index is -0.163. The molecular formula is C15H13ClN2O2. The lowest BCUT2D eigenvalue weighted by Crippen LogP contribution is -2.17. The van der Waals surface area contributed by atoms with Crippen LogP contribution in [-0.4, -0.2) is 16.7 Å². The van der Waals surface area contributed by atoms with E-state index in [1.54, 1.807) is 17.7 Å². The Labute approximate surface area is 120 Å². The molecule has 1 N–H and O–H groups in total. The van der Waals surface area contributed by atoms with Crippen LogP contribution in [0.1, 0.15) is 5.56 Å². The van der Waals surface area contributed by atoms with Crippen molar-refractivity contribution in [3.8, 4) is 5.75 Å². The largest absolute Gasteiger partial charge is 0.497 e. The SMILES string of the molecule is COc1ccc(Cn2c(=O)[nH]c3cccc(Cl)c32)cc1. The molecule has 0 atom stereocenters. The van der Waals surface area contributed by atoms with Crippen LogP contribution >= 0.6 is 11.6 Å². The predicted octanol–water partition coefficient (Wildman–Crippen LogP) is 3.04. The molecule has 4 nitrogen and oxygen atoms in total. The molecular weight excluding hydrogens is 276 g/mol. The van der Waals surface area contributed by atoms with Gasteiger partial charge in [0, 0.05) is 0 Å². The molecule has 0 saturated carbocycles. The number of aromatic nitrogens is 2. The van der Waals surface area contributed by atoms with Crippen molar-refractivity contribution >= 4 is 22.6 Å². The van der Waals surface area contributed by atoms with Gasteiger partial charge < -0.3 is 9.72 Å². The Kier molecular flexibility index (Phi) is 3.24. The van der Waals surface area contributed by atoms with Crippen molar-refractivity contribution in [2.45, 2.75) is 6.54 Å². The summed E-state index contributed by atoms with van der Waals surface area (Å²) in [5, 5.41) is 0.564. The second-order valence-electron chi connectivity index (χ2n) is 4.50. The zero-order chi connectivity index (χ0) is 14.1. The van der Waals surface area contributed by atoms with Gasteiger partial charge in [-0.2, -0.15) is 0 Å². The van der Waals surface area contributed by atoms with Gasteiger partial charge in [-0.05, 0) is 29.8 Å². The van der Waals surface area contributed by atoms with Gasteiger partial charge in [-0.15, -0.1) is 0 Å². The van der Waals surface area contributed by atoms with Crippen molar-refractivity contribution < 1.29 is 4.74 Å². The number of para-hydroxylation sites is 1. The molecule has 0 aliphatic heterocycles. The van der Waals surface area contributed by atoms with Crippen LogP contribution in [0.2, 0.25) is 5.02 Å². The number of hydrogen-bond acceptors (Lipinski definition) is 2. The Bertz CT molecular complexity index is 803. The molecule has 0 amide bonds. The molecule has 1 aromatic heterocycles. The van der Waals surface area contributed by atoms with Gasteiger partial charge >= 0.3 is 5.69 Å². The molecule has 102 valence electrons. The van der Waals surface area contributed by atoms with Crippen LogP contribution in [0, 0.1) is 0 Å². The molecule has 0 saturated heterocycles. The molecule has 0 bridgehead atoms. The first kappa shape index (κ1) is 12.8. The fourth-order valence-electron chi connectivity index (χ4n) is 2.24. The van der Waals surface area contributed by atoms with Gasteiger partial charge in [0.05, 0.1) is 29.7 Å². The molecule has 0 aliphatic carbocycles. The highest BCUT2D eigenvalue weighted by molar-refractivity contribution is 6.34. The van der Waals surface area contributed by atoms with Gasteiger partial charge in [0.2, 0.25) is 0 Å². The van der Waals surface area contributed by atoms with Gasteiger partial charge in [-0.3, -0.25) is 4.57 Å². The van der Waals surface area contributed by atoms with E-state index in [0.717, 1.165) is 22.3 Å². The smallest absolute Gasteiger partial charge is 0.326 e. The van der Waals surface area contributed by atoms with Crippen LogP contribution in [0.5, 0.6) is 5.75 Å². The van der Waals surface area contributed by atoms with E-state index in [-0.39, 0.29) is 5.69 Å². The van der Waals surface area contributed by atoms with Gasteiger partial charge in [0.15, 0.2) is 0 Å². The Morgan fingerprint density at radius 3 is 2.65 bits per heavy atom. The zero-order valence-electron chi connectivity index (χ0n) is 10.9. The summed E-state index contributed by atoms with van der Waals surface area (Å²) in [6.45, 7) is 0.465. The fourth-order valence-corrected chi connectivity index (χ4v) is 2.52. The number of nitrogens with zero attached hydrogens (tertiary/aromatic N) is 1. The third-order valence-electron chi connectivity index (χ3n) is 3.24. The van der Waals surface area contributed by atoms with Crippen LogP contribution in [0.15, 0.2) is 47.3 Å². The average Bonchev–Trinajstić information content (AvgIpc) is 2.77. The van der Waals surface area contributed by atoms with E-state index >= 15 is 0 Å². The number of hydrogen-bond donors (Lipinski definition) is 1. The predicted molar refractivity (Wildman–Crippen MR) is 79.7 cm³/mol. The summed E-state index contributed by atoms with van der Waals surface area (Å²) >= 11 is 6.19. The minimum absolute atomic E-state index is 0.163. The number of fused-ring (bicyclic) bond motifs is 1. The first-order valence-electron chi connectivity index (χ1n) is 6.19. The molecule has 3 rings (SSSR count). The van der Waals surface area contributed by atoms with E-state index in [0.29, 0.717) is 11.6 Å². The summed E-state index contributed by atoms with van der Waals surface area (Å²) < 4.78 is 6.76. The Balaban J connectivity index is 2.05. The number of benzene rings is 2. The molecule has 0 spiro atoms. The molecule has 0 radical (unpaired) electrons. The van der Waals surface area contributed by atoms with Gasteiger partial charge in [-0.1, -0.05) is 29.8 Å². The van der Waals surface area contributed by atoms with E-state index < -0.39 is 0 Å². The zero-order valence-corrected chi connectivity index (χ0v) is 11.6. The molecule has 5 heteroatoms. The van der Waals surface area contributed by atoms with Crippen molar-refractivity contribution in [3.63, 3.8) is 0 Å². The molecule has 0 fully saturated rings. The number of methoxy groups -OCH3 is 1. The van der Waals surface area contributed by atoms with E-state index in [9.17, 15) is 4.79 Å². The molecule has 2 aromatic carbocycles. The third kappa shape index (κ3) is 2.18. The summed E-state index contributed by atoms with van der Waals surface area (Å²) in [4.78, 5) is 14.9. The fraction of sp³-hybridized carbons (Fsp3) is 0.133. The third-order valence-corrected chi connectivity index (χ3v) is 3.55. The van der Waals surface area contributed by atoms with Crippen molar-refractivity contribution in [2.24, 2.45) is 0 Å². The summed E-state index contributed by atoms with van der Waals surface area (Å²) in [5.41, 5.74) is 2.32. The molecule has 1 heterocycles. The normalized spacial score (nSPS) is 10.9. The lowest BCUT2D eigenvalue weighted by molar-refractivity contribution is 0.414. The number of H-pyrrole nitrogens is 1. The lowest BCUT2D eigenvalue weighted by atomic mass is 10.2. The highest BCUT2D eigenvalue weighted by Crippen LogP contribution is 2.22. The van der Waals surface area contributed by atoms with E-state index in [2.05, 4.69) is 4.98 Å². The monoisotopic (exact) mass is 288 g/mol. The minimum Gasteiger partial charge on any atom is -0.497 e. The van der Waals surface area contributed by atoms with Crippen molar-refractivity contribution in [3.05, 3.63) is 63.5 Å². The van der Waals surface area contributed by atoms with Crippen molar-refractivity contribution in [2.75, 3.05) is 7.11 Å². The van der Waals surface area contributed by atoms with Crippen molar-refractivity contribution in [1.82, 2.24) is 9.55 Å². The molecule has 3 aromatic rings. The first-order chi connectivity index (χ1) is 9.69. The van der Waals surface area contributed by atoms with Crippen LogP contribution in [-0.2, 0) is 6.54 Å². The molecule has 20 heavy (non-hydrogen) atoms. The van der Waals surface area contributed by atoms with Crippen LogP contribution in [0.4, 0.5) is 0 Å². The first-order valence-corrected chi connectivity index (χ1v) is 6.57. The summed E-state index contributed by atoms with van der Waals surface area (Å²) in [6.07, 6.45) is 0. The maximum absolute atomic E-state index is 12.0. The van der Waals surface area contributed by atoms with Crippen LogP contribution in [0.25, 0.3) is 11.0 Å². The number of halogens is 1. The second kappa shape index (κ2) is 5.06. The average molecular weight is 289 g/mol. The lowest BCUT2D eigenvalue weighted by Gasteiger charge is -2.06. The van der Waals surface area contributed by atoms with Gasteiger partial charge in [-0.25, -0.2) is 4.79 Å². The van der Waals surface area contributed by atoms with Gasteiger partial charge in [0.25, 0.3) is 0 Å². The number of aromatic amines is 1. The maximum Gasteiger partial charge on any atom is 0.326 e. The molecule has 0 unspecified atom stereocenters. The summed E-state index contributed by atoms with van der Waals surface area (Å²) in [7, 11) is 1.62. The van der Waals surface area contributed by atoms with E-state index in [1.165, 1.54) is 0 Å². The molecule has 0 aliphatic rings. The Hall–Kier alpha value is -2.20. The number of imidazole rings is 1. The van der Waals surface area contributed by atoms with Gasteiger partial charge in [0.1, 0.15) is 5.75 Å². The van der Waals surface area contributed by atoms with Crippen molar-refractivity contribution in [1.29, 1.82) is 0 Å². The standard InChI is InChI=1S/C15H13ClN2O2/c1-20-11-7-5-10(6-8-11)9-18-14-12(16)3-2-4-13(14)17-15(18)19/h2-8H,9H2,1H3,(H,17,19). The van der Waals surface area contributed by atoms with Crippen LogP contribution < -0.4 is 10.4 Å². The second-order valence-corrected chi connectivity index (χ2v) is 4.91. The van der Waals surface area contributed by atoms with E-state index in [4.69, 9.17) is 16.3 Å². The quantitative estimate of drug-likeness (QED) is 0.805. The summed E-state index contributed by atoms with van der Waals surface area (Å²) in [6, 6.07) is 13.0. The Morgan fingerprint density at radius 1 is 1.20 bits per heavy atom. The van der Waals surface area contributed by atoms with Crippen LogP contribution in [0.3, 0.4) is 0 Å². The Morgan fingerprint density at radius 2 is 1.95 bits per heavy atom. The highest BCUT2D eigenvalue weighted by Gasteiger charge is 2.10.